The quantitative estimate of drug-likeness (QED) is 0.877. The minimum atomic E-state index is -3.63. The Morgan fingerprint density at radius 3 is 2.75 bits per heavy atom. The third kappa shape index (κ3) is 3.77. The second-order valence-corrected chi connectivity index (χ2v) is 8.75. The largest absolute Gasteiger partial charge is 0.302 e. The number of aromatic nitrogens is 1. The highest BCUT2D eigenvalue weighted by Crippen LogP contribution is 2.25. The van der Waals surface area contributed by atoms with Gasteiger partial charge in [0.05, 0.1) is 10.8 Å². The van der Waals surface area contributed by atoms with E-state index >= 15 is 0 Å². The van der Waals surface area contributed by atoms with Crippen molar-refractivity contribution in [2.45, 2.75) is 17.7 Å². The van der Waals surface area contributed by atoms with Gasteiger partial charge in [-0.3, -0.25) is 4.79 Å². The van der Waals surface area contributed by atoms with Crippen LogP contribution in [0.4, 0.5) is 5.13 Å². The molecular formula is C15H16ClN3O3S2. The summed E-state index contributed by atoms with van der Waals surface area (Å²) in [7, 11) is -3.63. The smallest absolute Gasteiger partial charge is 0.243 e. The Bertz CT molecular complexity index is 807. The highest BCUT2D eigenvalue weighted by atomic mass is 35.5. The van der Waals surface area contributed by atoms with E-state index in [1.807, 2.05) is 0 Å². The van der Waals surface area contributed by atoms with Crippen molar-refractivity contribution in [3.8, 4) is 0 Å². The zero-order valence-electron chi connectivity index (χ0n) is 12.7. The van der Waals surface area contributed by atoms with Gasteiger partial charge in [0.2, 0.25) is 15.9 Å². The number of benzene rings is 1. The molecular weight excluding hydrogens is 370 g/mol. The lowest BCUT2D eigenvalue weighted by molar-refractivity contribution is -0.120. The van der Waals surface area contributed by atoms with Gasteiger partial charge < -0.3 is 5.32 Å². The van der Waals surface area contributed by atoms with Gasteiger partial charge in [-0.25, -0.2) is 13.4 Å². The summed E-state index contributed by atoms with van der Waals surface area (Å²) in [5.74, 6) is -0.578. The first-order valence-corrected chi connectivity index (χ1v) is 10.1. The summed E-state index contributed by atoms with van der Waals surface area (Å²) in [5.41, 5.74) is 0. The zero-order chi connectivity index (χ0) is 17.2. The number of hydrogen-bond donors (Lipinski definition) is 1. The topological polar surface area (TPSA) is 79.4 Å². The maximum atomic E-state index is 12.7. The van der Waals surface area contributed by atoms with E-state index < -0.39 is 10.0 Å². The molecule has 0 aliphatic carbocycles. The SMILES string of the molecule is O=C(Nc1nccs1)[C@H]1CCCN(S(=O)(=O)c2ccc(Cl)cc2)C1. The highest BCUT2D eigenvalue weighted by Gasteiger charge is 2.33. The van der Waals surface area contributed by atoms with Gasteiger partial charge in [0, 0.05) is 29.7 Å². The highest BCUT2D eigenvalue weighted by molar-refractivity contribution is 7.89. The Balaban J connectivity index is 1.72. The first-order chi connectivity index (χ1) is 11.5. The van der Waals surface area contributed by atoms with Crippen molar-refractivity contribution in [2.24, 2.45) is 5.92 Å². The Hall–Kier alpha value is -1.48. The maximum Gasteiger partial charge on any atom is 0.243 e. The molecule has 0 saturated carbocycles. The fourth-order valence-electron chi connectivity index (χ4n) is 2.62. The molecule has 0 spiro atoms. The van der Waals surface area contributed by atoms with Gasteiger partial charge in [-0.2, -0.15) is 4.31 Å². The van der Waals surface area contributed by atoms with Gasteiger partial charge in [0.1, 0.15) is 0 Å². The third-order valence-corrected chi connectivity index (χ3v) is 6.69. The predicted octanol–water partition coefficient (Wildman–Crippen LogP) is 2.84. The first-order valence-electron chi connectivity index (χ1n) is 7.43. The first kappa shape index (κ1) is 17.3. The van der Waals surface area contributed by atoms with Gasteiger partial charge >= 0.3 is 0 Å². The van der Waals surface area contributed by atoms with Gasteiger partial charge in [-0.15, -0.1) is 11.3 Å². The standard InChI is InChI=1S/C15H16ClN3O3S2/c16-12-3-5-13(6-4-12)24(21,22)19-8-1-2-11(10-19)14(20)18-15-17-7-9-23-15/h3-7,9,11H,1-2,8,10H2,(H,17,18,20)/t11-/m0/s1. The number of sulfonamides is 1. The molecule has 9 heteroatoms. The van der Waals surface area contributed by atoms with E-state index in [1.165, 1.54) is 27.8 Å². The van der Waals surface area contributed by atoms with Crippen molar-refractivity contribution in [3.63, 3.8) is 0 Å². The van der Waals surface area contributed by atoms with E-state index in [0.29, 0.717) is 29.5 Å². The number of carbonyl (C=O) groups excluding carboxylic acids is 1. The fraction of sp³-hybridized carbons (Fsp3) is 0.333. The number of hydrogen-bond acceptors (Lipinski definition) is 5. The van der Waals surface area contributed by atoms with Crippen LogP contribution in [0.2, 0.25) is 5.02 Å². The second-order valence-electron chi connectivity index (χ2n) is 5.48. The molecule has 1 aliphatic rings. The molecule has 128 valence electrons. The molecule has 1 aliphatic heterocycles. The van der Waals surface area contributed by atoms with Crippen LogP contribution in [0.1, 0.15) is 12.8 Å². The van der Waals surface area contributed by atoms with Crippen molar-refractivity contribution in [3.05, 3.63) is 40.9 Å². The van der Waals surface area contributed by atoms with Gasteiger partial charge in [-0.1, -0.05) is 11.6 Å². The number of anilines is 1. The van der Waals surface area contributed by atoms with E-state index in [1.54, 1.807) is 23.7 Å². The predicted molar refractivity (Wildman–Crippen MR) is 93.7 cm³/mol. The molecule has 1 saturated heterocycles. The number of rotatable bonds is 4. The Kier molecular flexibility index (Phi) is 5.19. The lowest BCUT2D eigenvalue weighted by Crippen LogP contribution is -2.43. The molecule has 2 aromatic rings. The van der Waals surface area contributed by atoms with Crippen LogP contribution < -0.4 is 5.32 Å². The van der Waals surface area contributed by atoms with Crippen molar-refractivity contribution in [1.29, 1.82) is 0 Å². The molecule has 0 unspecified atom stereocenters. The number of nitrogens with one attached hydrogen (secondary N) is 1. The molecule has 1 amide bonds. The average molecular weight is 386 g/mol. The summed E-state index contributed by atoms with van der Waals surface area (Å²) in [5, 5.41) is 5.52. The monoisotopic (exact) mass is 385 g/mol. The molecule has 1 N–H and O–H groups in total. The third-order valence-electron chi connectivity index (χ3n) is 3.87. The summed E-state index contributed by atoms with van der Waals surface area (Å²) in [6, 6.07) is 6.06. The number of piperidine rings is 1. The number of halogens is 1. The van der Waals surface area contributed by atoms with Gasteiger partial charge in [0.25, 0.3) is 0 Å². The van der Waals surface area contributed by atoms with Crippen LogP contribution in [-0.4, -0.2) is 36.7 Å². The van der Waals surface area contributed by atoms with E-state index in [-0.39, 0.29) is 23.3 Å². The normalized spacial score (nSPS) is 19.1. The lowest BCUT2D eigenvalue weighted by atomic mass is 9.99. The summed E-state index contributed by atoms with van der Waals surface area (Å²) in [6.45, 7) is 0.578. The molecule has 24 heavy (non-hydrogen) atoms. The minimum absolute atomic E-state index is 0.169. The van der Waals surface area contributed by atoms with Crippen molar-refractivity contribution >= 4 is 44.0 Å². The summed E-state index contributed by atoms with van der Waals surface area (Å²) >= 11 is 7.15. The van der Waals surface area contributed by atoms with Crippen molar-refractivity contribution in [2.75, 3.05) is 18.4 Å². The Morgan fingerprint density at radius 1 is 1.33 bits per heavy atom. The Labute approximate surface area is 149 Å². The van der Waals surface area contributed by atoms with Gasteiger partial charge in [-0.05, 0) is 37.1 Å². The molecule has 0 bridgehead atoms. The second kappa shape index (κ2) is 7.18. The molecule has 3 rings (SSSR count). The minimum Gasteiger partial charge on any atom is -0.302 e. The van der Waals surface area contributed by atoms with Crippen molar-refractivity contribution in [1.82, 2.24) is 9.29 Å². The van der Waals surface area contributed by atoms with E-state index in [9.17, 15) is 13.2 Å². The van der Waals surface area contributed by atoms with E-state index in [2.05, 4.69) is 10.3 Å². The lowest BCUT2D eigenvalue weighted by Gasteiger charge is -2.31. The number of nitrogens with zero attached hydrogens (tertiary/aromatic N) is 2. The maximum absolute atomic E-state index is 12.7. The van der Waals surface area contributed by atoms with Gasteiger partial charge in [0.15, 0.2) is 5.13 Å². The summed E-state index contributed by atoms with van der Waals surface area (Å²) < 4.78 is 26.8. The van der Waals surface area contributed by atoms with Crippen LogP contribution in [-0.2, 0) is 14.8 Å². The van der Waals surface area contributed by atoms with Crippen LogP contribution in [0.25, 0.3) is 0 Å². The van der Waals surface area contributed by atoms with Crippen LogP contribution in [0.15, 0.2) is 40.7 Å². The van der Waals surface area contributed by atoms with E-state index in [4.69, 9.17) is 11.6 Å². The van der Waals surface area contributed by atoms with Crippen LogP contribution in [0, 0.1) is 5.92 Å². The molecule has 1 atom stereocenters. The van der Waals surface area contributed by atoms with Crippen LogP contribution >= 0.6 is 22.9 Å². The molecule has 1 fully saturated rings. The molecule has 2 heterocycles. The average Bonchev–Trinajstić information content (AvgIpc) is 3.08. The molecule has 0 radical (unpaired) electrons. The zero-order valence-corrected chi connectivity index (χ0v) is 15.1. The number of carbonyl (C=O) groups is 1. The number of amides is 1. The fourth-order valence-corrected chi connectivity index (χ4v) is 4.80. The number of thiazole rings is 1. The van der Waals surface area contributed by atoms with Crippen LogP contribution in [0.5, 0.6) is 0 Å². The Morgan fingerprint density at radius 2 is 2.08 bits per heavy atom. The van der Waals surface area contributed by atoms with E-state index in [0.717, 1.165) is 0 Å². The van der Waals surface area contributed by atoms with Crippen LogP contribution in [0.3, 0.4) is 0 Å². The molecule has 6 nitrogen and oxygen atoms in total. The molecule has 1 aromatic carbocycles. The summed E-state index contributed by atoms with van der Waals surface area (Å²) in [6.07, 6.45) is 2.91. The van der Waals surface area contributed by atoms with Crippen molar-refractivity contribution < 1.29 is 13.2 Å². The molecule has 1 aromatic heterocycles. The summed E-state index contributed by atoms with van der Waals surface area (Å²) in [4.78, 5) is 16.5.